The Bertz CT molecular complexity index is 477. The second-order valence-electron chi connectivity index (χ2n) is 4.34. The third-order valence-electron chi connectivity index (χ3n) is 2.77. The number of carboxylic acids is 1. The van der Waals surface area contributed by atoms with Crippen LogP contribution in [-0.2, 0) is 0 Å². The van der Waals surface area contributed by atoms with Gasteiger partial charge in [-0.15, -0.1) is 0 Å². The lowest BCUT2D eigenvalue weighted by molar-refractivity contribution is 0.0698. The number of halogens is 1. The first-order valence-electron chi connectivity index (χ1n) is 6.01. The van der Waals surface area contributed by atoms with Gasteiger partial charge in [-0.2, -0.15) is 0 Å². The zero-order chi connectivity index (χ0) is 14.4. The predicted octanol–water partition coefficient (Wildman–Crippen LogP) is 3.21. The van der Waals surface area contributed by atoms with Crippen molar-refractivity contribution in [3.8, 4) is 0 Å². The van der Waals surface area contributed by atoms with Gasteiger partial charge in [-0.3, -0.25) is 0 Å². The first-order chi connectivity index (χ1) is 8.93. The van der Waals surface area contributed by atoms with Crippen molar-refractivity contribution in [2.45, 2.75) is 20.3 Å². The lowest BCUT2D eigenvalue weighted by Gasteiger charge is -2.12. The number of hydrogen-bond donors (Lipinski definition) is 3. The molecule has 0 heterocycles. The molecule has 1 aromatic rings. The van der Waals surface area contributed by atoms with E-state index in [2.05, 4.69) is 10.6 Å². The Morgan fingerprint density at radius 2 is 2.11 bits per heavy atom. The number of carbonyl (C=O) groups excluding carboxylic acids is 1. The Labute approximate surface area is 117 Å². The van der Waals surface area contributed by atoms with E-state index in [1.54, 1.807) is 0 Å². The molecule has 0 saturated carbocycles. The number of aromatic carboxylic acids is 1. The molecule has 1 unspecified atom stereocenters. The molecule has 3 N–H and O–H groups in total. The van der Waals surface area contributed by atoms with Gasteiger partial charge in [-0.25, -0.2) is 9.59 Å². The van der Waals surface area contributed by atoms with Crippen LogP contribution >= 0.6 is 11.6 Å². The van der Waals surface area contributed by atoms with Gasteiger partial charge in [0.05, 0.1) is 11.3 Å². The van der Waals surface area contributed by atoms with Crippen LogP contribution in [0.3, 0.4) is 0 Å². The molecular weight excluding hydrogens is 268 g/mol. The third kappa shape index (κ3) is 4.79. The monoisotopic (exact) mass is 284 g/mol. The molecule has 0 aromatic heterocycles. The summed E-state index contributed by atoms with van der Waals surface area (Å²) in [4.78, 5) is 22.7. The largest absolute Gasteiger partial charge is 0.478 e. The van der Waals surface area contributed by atoms with Crippen molar-refractivity contribution in [2.24, 2.45) is 5.92 Å². The molecule has 0 radical (unpaired) electrons. The molecule has 0 aliphatic rings. The number of urea groups is 1. The van der Waals surface area contributed by atoms with Gasteiger partial charge >= 0.3 is 12.0 Å². The van der Waals surface area contributed by atoms with Crippen LogP contribution in [0.15, 0.2) is 18.2 Å². The van der Waals surface area contributed by atoms with Crippen LogP contribution in [0.25, 0.3) is 0 Å². The lowest BCUT2D eigenvalue weighted by Crippen LogP contribution is -2.32. The standard InChI is InChI=1S/C13H17ClN2O3/c1-3-8(2)7-15-13(19)16-11-6-9(14)4-5-10(11)12(17)18/h4-6,8H,3,7H2,1-2H3,(H,17,18)(H2,15,16,19). The molecule has 0 aliphatic carbocycles. The number of hydrogen-bond acceptors (Lipinski definition) is 2. The van der Waals surface area contributed by atoms with E-state index in [1.807, 2.05) is 13.8 Å². The van der Waals surface area contributed by atoms with E-state index in [9.17, 15) is 9.59 Å². The van der Waals surface area contributed by atoms with Crippen LogP contribution in [0, 0.1) is 5.92 Å². The fourth-order valence-electron chi connectivity index (χ4n) is 1.38. The molecule has 1 atom stereocenters. The molecule has 0 spiro atoms. The van der Waals surface area contributed by atoms with Crippen molar-refractivity contribution in [1.82, 2.24) is 5.32 Å². The molecule has 6 heteroatoms. The number of amides is 2. The maximum absolute atomic E-state index is 11.7. The number of carbonyl (C=O) groups is 2. The van der Waals surface area contributed by atoms with Gasteiger partial charge in [0.15, 0.2) is 0 Å². The van der Waals surface area contributed by atoms with Crippen molar-refractivity contribution in [1.29, 1.82) is 0 Å². The number of benzene rings is 1. The molecular formula is C13H17ClN2O3. The molecule has 2 amide bonds. The zero-order valence-corrected chi connectivity index (χ0v) is 11.6. The fraction of sp³-hybridized carbons (Fsp3) is 0.385. The SMILES string of the molecule is CCC(C)CNC(=O)Nc1cc(Cl)ccc1C(=O)O. The highest BCUT2D eigenvalue weighted by molar-refractivity contribution is 6.31. The van der Waals surface area contributed by atoms with E-state index in [0.29, 0.717) is 17.5 Å². The number of anilines is 1. The minimum absolute atomic E-state index is 0.00286. The quantitative estimate of drug-likeness (QED) is 0.777. The van der Waals surface area contributed by atoms with Gasteiger partial charge in [0, 0.05) is 11.6 Å². The van der Waals surface area contributed by atoms with E-state index >= 15 is 0 Å². The first-order valence-corrected chi connectivity index (χ1v) is 6.39. The minimum Gasteiger partial charge on any atom is -0.478 e. The van der Waals surface area contributed by atoms with E-state index in [-0.39, 0.29) is 11.3 Å². The topological polar surface area (TPSA) is 78.4 Å². The first kappa shape index (κ1) is 15.3. The summed E-state index contributed by atoms with van der Waals surface area (Å²) < 4.78 is 0. The average molecular weight is 285 g/mol. The summed E-state index contributed by atoms with van der Waals surface area (Å²) in [7, 11) is 0. The number of carboxylic acid groups (broad SMARTS) is 1. The van der Waals surface area contributed by atoms with Crippen molar-refractivity contribution < 1.29 is 14.7 Å². The summed E-state index contributed by atoms with van der Waals surface area (Å²) in [6.45, 7) is 4.58. The maximum Gasteiger partial charge on any atom is 0.337 e. The predicted molar refractivity (Wildman–Crippen MR) is 74.9 cm³/mol. The van der Waals surface area contributed by atoms with Crippen molar-refractivity contribution in [2.75, 3.05) is 11.9 Å². The second-order valence-corrected chi connectivity index (χ2v) is 4.78. The van der Waals surface area contributed by atoms with Crippen LogP contribution in [0.2, 0.25) is 5.02 Å². The fourth-order valence-corrected chi connectivity index (χ4v) is 1.56. The zero-order valence-electron chi connectivity index (χ0n) is 10.9. The Kier molecular flexibility index (Phi) is 5.63. The summed E-state index contributed by atoms with van der Waals surface area (Å²) in [6.07, 6.45) is 0.956. The second kappa shape index (κ2) is 6.99. The third-order valence-corrected chi connectivity index (χ3v) is 3.00. The molecule has 0 bridgehead atoms. The molecule has 1 rings (SSSR count). The summed E-state index contributed by atoms with van der Waals surface area (Å²) >= 11 is 5.79. The van der Waals surface area contributed by atoms with E-state index in [4.69, 9.17) is 16.7 Å². The van der Waals surface area contributed by atoms with Crippen molar-refractivity contribution >= 4 is 29.3 Å². The number of nitrogens with one attached hydrogen (secondary N) is 2. The van der Waals surface area contributed by atoms with Crippen LogP contribution < -0.4 is 10.6 Å². The Hall–Kier alpha value is -1.75. The summed E-state index contributed by atoms with van der Waals surface area (Å²) in [5.74, 6) is -0.752. The average Bonchev–Trinajstić information content (AvgIpc) is 2.35. The van der Waals surface area contributed by atoms with Crippen LogP contribution in [0.4, 0.5) is 10.5 Å². The summed E-state index contributed by atoms with van der Waals surface area (Å²) in [5.41, 5.74) is 0.185. The molecule has 5 nitrogen and oxygen atoms in total. The van der Waals surface area contributed by atoms with Gasteiger partial charge in [0.1, 0.15) is 0 Å². The van der Waals surface area contributed by atoms with E-state index < -0.39 is 12.0 Å². The highest BCUT2D eigenvalue weighted by atomic mass is 35.5. The smallest absolute Gasteiger partial charge is 0.337 e. The Morgan fingerprint density at radius 3 is 2.68 bits per heavy atom. The molecule has 19 heavy (non-hydrogen) atoms. The maximum atomic E-state index is 11.7. The highest BCUT2D eigenvalue weighted by Gasteiger charge is 2.13. The molecule has 1 aromatic carbocycles. The molecule has 0 aliphatic heterocycles. The van der Waals surface area contributed by atoms with Gasteiger partial charge in [-0.05, 0) is 24.1 Å². The normalized spacial score (nSPS) is 11.7. The number of rotatable bonds is 5. The van der Waals surface area contributed by atoms with Crippen molar-refractivity contribution in [3.63, 3.8) is 0 Å². The van der Waals surface area contributed by atoms with Gasteiger partial charge < -0.3 is 15.7 Å². The van der Waals surface area contributed by atoms with Gasteiger partial charge in [0.2, 0.25) is 0 Å². The van der Waals surface area contributed by atoms with E-state index in [0.717, 1.165) is 6.42 Å². The van der Waals surface area contributed by atoms with Crippen molar-refractivity contribution in [3.05, 3.63) is 28.8 Å². The summed E-state index contributed by atoms with van der Waals surface area (Å²) in [6, 6.07) is 3.79. The van der Waals surface area contributed by atoms with Crippen LogP contribution in [0.5, 0.6) is 0 Å². The molecule has 0 fully saturated rings. The lowest BCUT2D eigenvalue weighted by atomic mass is 10.1. The molecule has 104 valence electrons. The highest BCUT2D eigenvalue weighted by Crippen LogP contribution is 2.21. The van der Waals surface area contributed by atoms with Gasteiger partial charge in [0.25, 0.3) is 0 Å². The Morgan fingerprint density at radius 1 is 1.42 bits per heavy atom. The van der Waals surface area contributed by atoms with E-state index in [1.165, 1.54) is 18.2 Å². The minimum atomic E-state index is -1.12. The van der Waals surface area contributed by atoms with Crippen LogP contribution in [-0.4, -0.2) is 23.7 Å². The van der Waals surface area contributed by atoms with Crippen LogP contribution in [0.1, 0.15) is 30.6 Å². The molecule has 0 saturated heterocycles. The van der Waals surface area contributed by atoms with Gasteiger partial charge in [-0.1, -0.05) is 31.9 Å². The summed E-state index contributed by atoms with van der Waals surface area (Å²) in [5, 5.41) is 14.6. The Balaban J connectivity index is 2.73.